The first kappa shape index (κ1) is 14.9. The minimum absolute atomic E-state index is 0.105. The van der Waals surface area contributed by atoms with Crippen LogP contribution in [0.4, 0.5) is 0 Å². The van der Waals surface area contributed by atoms with E-state index < -0.39 is 22.5 Å². The molecule has 1 aromatic rings. The van der Waals surface area contributed by atoms with Crippen molar-refractivity contribution in [3.8, 4) is 11.5 Å². The quantitative estimate of drug-likeness (QED) is 0.721. The minimum atomic E-state index is -1.32. The highest BCUT2D eigenvalue weighted by molar-refractivity contribution is 6.39. The molecule has 100 valence electrons. The molecule has 1 rings (SSSR count). The summed E-state index contributed by atoms with van der Waals surface area (Å²) < 4.78 is 0. The van der Waals surface area contributed by atoms with Crippen LogP contribution in [0, 0.1) is 0 Å². The molecule has 0 amide bonds. The van der Waals surface area contributed by atoms with E-state index in [4.69, 9.17) is 28.3 Å². The lowest BCUT2D eigenvalue weighted by Crippen LogP contribution is -2.05. The van der Waals surface area contributed by atoms with Crippen molar-refractivity contribution in [2.45, 2.75) is 32.6 Å². The van der Waals surface area contributed by atoms with Crippen LogP contribution in [0.5, 0.6) is 11.5 Å². The second-order valence-electron chi connectivity index (χ2n) is 3.94. The number of unbranched alkanes of at least 4 members (excludes halogenated alkanes) is 2. The molecular weight excluding hydrogens is 279 g/mol. The van der Waals surface area contributed by atoms with Crippen molar-refractivity contribution in [1.82, 2.24) is 0 Å². The molecule has 0 radical (unpaired) electrons. The first-order chi connectivity index (χ1) is 8.41. The van der Waals surface area contributed by atoms with Gasteiger partial charge in [0.05, 0.1) is 5.02 Å². The zero-order valence-electron chi connectivity index (χ0n) is 9.83. The van der Waals surface area contributed by atoms with Gasteiger partial charge in [0, 0.05) is 0 Å². The lowest BCUT2D eigenvalue weighted by molar-refractivity contribution is 0.0692. The Kier molecular flexibility index (Phi) is 5.11. The zero-order chi connectivity index (χ0) is 13.9. The highest BCUT2D eigenvalue weighted by atomic mass is 35.5. The number of benzene rings is 1. The van der Waals surface area contributed by atoms with Gasteiger partial charge >= 0.3 is 5.97 Å². The van der Waals surface area contributed by atoms with Gasteiger partial charge in [0.25, 0.3) is 0 Å². The van der Waals surface area contributed by atoms with Crippen molar-refractivity contribution >= 4 is 29.2 Å². The van der Waals surface area contributed by atoms with Crippen LogP contribution in [0.3, 0.4) is 0 Å². The van der Waals surface area contributed by atoms with Crippen LogP contribution in [0.1, 0.15) is 42.1 Å². The molecular formula is C12H14Cl2O4. The fourth-order valence-corrected chi connectivity index (χ4v) is 2.25. The first-order valence-electron chi connectivity index (χ1n) is 5.56. The molecule has 0 aliphatic heterocycles. The van der Waals surface area contributed by atoms with Crippen LogP contribution >= 0.6 is 23.2 Å². The van der Waals surface area contributed by atoms with Crippen molar-refractivity contribution in [2.75, 3.05) is 0 Å². The summed E-state index contributed by atoms with van der Waals surface area (Å²) >= 11 is 11.5. The monoisotopic (exact) mass is 292 g/mol. The smallest absolute Gasteiger partial charge is 0.339 e. The summed E-state index contributed by atoms with van der Waals surface area (Å²) in [6.45, 7) is 2.01. The van der Waals surface area contributed by atoms with E-state index >= 15 is 0 Å². The Morgan fingerprint density at radius 1 is 1.11 bits per heavy atom. The number of phenolic OH excluding ortho intramolecular Hbond substituents is 1. The van der Waals surface area contributed by atoms with Gasteiger partial charge in [-0.3, -0.25) is 0 Å². The molecule has 6 heteroatoms. The van der Waals surface area contributed by atoms with E-state index in [1.54, 1.807) is 0 Å². The molecule has 18 heavy (non-hydrogen) atoms. The van der Waals surface area contributed by atoms with Crippen LogP contribution in [0.25, 0.3) is 0 Å². The van der Waals surface area contributed by atoms with Crippen LogP contribution in [-0.4, -0.2) is 21.3 Å². The van der Waals surface area contributed by atoms with Gasteiger partial charge in [0.2, 0.25) is 0 Å². The molecule has 0 heterocycles. The molecule has 3 N–H and O–H groups in total. The van der Waals surface area contributed by atoms with E-state index in [9.17, 15) is 15.0 Å². The van der Waals surface area contributed by atoms with Gasteiger partial charge in [0.15, 0.2) is 11.5 Å². The van der Waals surface area contributed by atoms with Gasteiger partial charge in [-0.15, -0.1) is 0 Å². The second kappa shape index (κ2) is 6.16. The third kappa shape index (κ3) is 2.82. The average Bonchev–Trinajstić information content (AvgIpc) is 2.32. The van der Waals surface area contributed by atoms with Gasteiger partial charge in [-0.1, -0.05) is 43.0 Å². The Balaban J connectivity index is 3.32. The van der Waals surface area contributed by atoms with Crippen LogP contribution in [0.2, 0.25) is 10.0 Å². The summed E-state index contributed by atoms with van der Waals surface area (Å²) in [4.78, 5) is 11.1. The maximum atomic E-state index is 11.1. The number of carboxylic acid groups (broad SMARTS) is 1. The van der Waals surface area contributed by atoms with Gasteiger partial charge in [-0.25, -0.2) is 4.79 Å². The Morgan fingerprint density at radius 2 is 1.72 bits per heavy atom. The molecule has 0 aliphatic carbocycles. The Hall–Kier alpha value is -1.13. The Labute approximate surface area is 115 Å². The summed E-state index contributed by atoms with van der Waals surface area (Å²) in [7, 11) is 0. The molecule has 0 spiro atoms. The van der Waals surface area contributed by atoms with Crippen molar-refractivity contribution < 1.29 is 20.1 Å². The number of carboxylic acids is 1. The number of aromatic carboxylic acids is 1. The summed E-state index contributed by atoms with van der Waals surface area (Å²) in [5, 5.41) is 27.8. The second-order valence-corrected chi connectivity index (χ2v) is 4.70. The van der Waals surface area contributed by atoms with Crippen molar-refractivity contribution in [3.63, 3.8) is 0 Å². The van der Waals surface area contributed by atoms with Crippen LogP contribution in [0.15, 0.2) is 0 Å². The molecule has 0 bridgehead atoms. The number of hydrogen-bond donors (Lipinski definition) is 3. The molecule has 0 aromatic heterocycles. The number of hydrogen-bond acceptors (Lipinski definition) is 3. The fraction of sp³-hybridized carbons (Fsp3) is 0.417. The summed E-state index contributed by atoms with van der Waals surface area (Å²) in [5.74, 6) is -2.44. The lowest BCUT2D eigenvalue weighted by Gasteiger charge is -2.13. The van der Waals surface area contributed by atoms with E-state index in [1.165, 1.54) is 0 Å². The first-order valence-corrected chi connectivity index (χ1v) is 6.32. The van der Waals surface area contributed by atoms with Gasteiger partial charge in [-0.05, 0) is 18.4 Å². The van der Waals surface area contributed by atoms with E-state index in [2.05, 4.69) is 0 Å². The zero-order valence-corrected chi connectivity index (χ0v) is 11.3. The van der Waals surface area contributed by atoms with Crippen LogP contribution in [-0.2, 0) is 6.42 Å². The highest BCUT2D eigenvalue weighted by Gasteiger charge is 2.25. The van der Waals surface area contributed by atoms with Gasteiger partial charge in [-0.2, -0.15) is 0 Å². The number of rotatable bonds is 5. The molecule has 0 saturated carbocycles. The molecule has 0 aliphatic rings. The molecule has 0 fully saturated rings. The molecule has 1 aromatic carbocycles. The number of aromatic hydroxyl groups is 2. The normalized spacial score (nSPS) is 10.6. The summed E-state index contributed by atoms with van der Waals surface area (Å²) in [5.41, 5.74) is -0.115. The van der Waals surface area contributed by atoms with Gasteiger partial charge < -0.3 is 15.3 Å². The maximum absolute atomic E-state index is 11.1. The van der Waals surface area contributed by atoms with Crippen molar-refractivity contribution in [3.05, 3.63) is 21.2 Å². The topological polar surface area (TPSA) is 77.8 Å². The van der Waals surface area contributed by atoms with E-state index in [0.717, 1.165) is 19.3 Å². The van der Waals surface area contributed by atoms with Crippen molar-refractivity contribution in [2.24, 2.45) is 0 Å². The van der Waals surface area contributed by atoms with Gasteiger partial charge in [0.1, 0.15) is 10.6 Å². The standard InChI is InChI=1S/C12H14Cl2O4/c1-2-3-4-5-6-7(12(17)18)10(15)9(14)11(16)8(6)13/h15-16H,2-5H2,1H3,(H,17,18). The lowest BCUT2D eigenvalue weighted by atomic mass is 9.99. The molecule has 0 atom stereocenters. The maximum Gasteiger partial charge on any atom is 0.339 e. The fourth-order valence-electron chi connectivity index (χ4n) is 1.73. The van der Waals surface area contributed by atoms with E-state index in [-0.39, 0.29) is 16.1 Å². The summed E-state index contributed by atoms with van der Waals surface area (Å²) in [6.07, 6.45) is 2.95. The number of halogens is 2. The molecule has 0 unspecified atom stereocenters. The van der Waals surface area contributed by atoms with E-state index in [0.29, 0.717) is 6.42 Å². The highest BCUT2D eigenvalue weighted by Crippen LogP contribution is 2.44. The predicted molar refractivity (Wildman–Crippen MR) is 70.0 cm³/mol. The SMILES string of the molecule is CCCCCc1c(Cl)c(O)c(Cl)c(O)c1C(=O)O. The summed E-state index contributed by atoms with van der Waals surface area (Å²) in [6, 6.07) is 0. The predicted octanol–water partition coefficient (Wildman–Crippen LogP) is 3.84. The number of phenols is 2. The third-order valence-electron chi connectivity index (χ3n) is 2.67. The molecule has 4 nitrogen and oxygen atoms in total. The van der Waals surface area contributed by atoms with E-state index in [1.807, 2.05) is 6.92 Å². The Bertz CT molecular complexity index is 472. The molecule has 0 saturated heterocycles. The Morgan fingerprint density at radius 3 is 2.22 bits per heavy atom. The minimum Gasteiger partial charge on any atom is -0.505 e. The third-order valence-corrected chi connectivity index (χ3v) is 3.44. The van der Waals surface area contributed by atoms with Crippen molar-refractivity contribution in [1.29, 1.82) is 0 Å². The number of carbonyl (C=O) groups is 1. The van der Waals surface area contributed by atoms with Crippen LogP contribution < -0.4 is 0 Å². The largest absolute Gasteiger partial charge is 0.505 e. The average molecular weight is 293 g/mol.